The molecule has 140 valence electrons. The molecule has 0 unspecified atom stereocenters. The Balaban J connectivity index is 1.49. The van der Waals surface area contributed by atoms with Crippen molar-refractivity contribution in [3.05, 3.63) is 77.9 Å². The van der Waals surface area contributed by atoms with Crippen molar-refractivity contribution >= 4 is 22.4 Å². The highest BCUT2D eigenvalue weighted by molar-refractivity contribution is 5.83. The van der Waals surface area contributed by atoms with E-state index < -0.39 is 0 Å². The van der Waals surface area contributed by atoms with Gasteiger partial charge in [0.25, 0.3) is 0 Å². The first-order valence-electron chi connectivity index (χ1n) is 9.20. The van der Waals surface area contributed by atoms with Crippen LogP contribution in [0.4, 0.5) is 5.69 Å². The zero-order valence-electron chi connectivity index (χ0n) is 16.3. The summed E-state index contributed by atoms with van der Waals surface area (Å²) in [5.74, 6) is 0.0370. The van der Waals surface area contributed by atoms with Gasteiger partial charge in [0.2, 0.25) is 5.91 Å². The van der Waals surface area contributed by atoms with Crippen LogP contribution in [0.3, 0.4) is 0 Å². The highest BCUT2D eigenvalue weighted by atomic mass is 16.2. The summed E-state index contributed by atoms with van der Waals surface area (Å²) in [6.07, 6.45) is 0. The minimum atomic E-state index is 0.0370. The largest absolute Gasteiger partial charge is 0.378 e. The molecule has 0 saturated heterocycles. The first kappa shape index (κ1) is 18.9. The number of nitrogens with one attached hydrogen (secondary N) is 1. The average molecular weight is 361 g/mol. The molecule has 3 aromatic carbocycles. The normalized spacial score (nSPS) is 11.0. The lowest BCUT2D eigenvalue weighted by molar-refractivity contribution is -0.122. The molecule has 3 aromatic rings. The van der Waals surface area contributed by atoms with Gasteiger partial charge in [0.05, 0.1) is 6.54 Å². The fourth-order valence-electron chi connectivity index (χ4n) is 3.12. The van der Waals surface area contributed by atoms with E-state index in [0.29, 0.717) is 13.1 Å². The van der Waals surface area contributed by atoms with E-state index in [-0.39, 0.29) is 5.91 Å². The third kappa shape index (κ3) is 5.31. The zero-order chi connectivity index (χ0) is 19.2. The van der Waals surface area contributed by atoms with Gasteiger partial charge in [0, 0.05) is 32.9 Å². The molecule has 0 aliphatic rings. The Kier molecular flexibility index (Phi) is 6.09. The fourth-order valence-corrected chi connectivity index (χ4v) is 3.12. The Morgan fingerprint density at radius 3 is 2.22 bits per heavy atom. The Morgan fingerprint density at radius 2 is 1.52 bits per heavy atom. The van der Waals surface area contributed by atoms with Gasteiger partial charge in [0.15, 0.2) is 0 Å². The van der Waals surface area contributed by atoms with Crippen molar-refractivity contribution in [1.29, 1.82) is 0 Å². The lowest BCUT2D eigenvalue weighted by atomic mass is 10.1. The maximum atomic E-state index is 12.2. The van der Waals surface area contributed by atoms with Gasteiger partial charge in [-0.25, -0.2) is 0 Å². The second-order valence-corrected chi connectivity index (χ2v) is 7.19. The number of amides is 1. The molecule has 0 fully saturated rings. The van der Waals surface area contributed by atoms with Crippen molar-refractivity contribution in [3.8, 4) is 0 Å². The molecule has 0 saturated carbocycles. The van der Waals surface area contributed by atoms with Crippen LogP contribution in [0.25, 0.3) is 10.8 Å². The number of benzene rings is 3. The molecule has 0 aliphatic heterocycles. The van der Waals surface area contributed by atoms with Gasteiger partial charge in [-0.05, 0) is 47.1 Å². The van der Waals surface area contributed by atoms with E-state index in [9.17, 15) is 4.79 Å². The number of rotatable bonds is 7. The Morgan fingerprint density at radius 1 is 0.852 bits per heavy atom. The standard InChI is InChI=1S/C23H27N3O/c1-25(2)22-12-9-18(10-13-22)15-24-23(27)17-26(3)16-19-8-11-20-6-4-5-7-21(20)14-19/h4-14H,15-17H2,1-3H3,(H,24,27). The van der Waals surface area contributed by atoms with Crippen molar-refractivity contribution in [2.24, 2.45) is 0 Å². The lowest BCUT2D eigenvalue weighted by Crippen LogP contribution is -2.34. The van der Waals surface area contributed by atoms with E-state index in [2.05, 4.69) is 64.8 Å². The second-order valence-electron chi connectivity index (χ2n) is 7.19. The summed E-state index contributed by atoms with van der Waals surface area (Å²) in [6.45, 7) is 1.68. The van der Waals surface area contributed by atoms with Gasteiger partial charge >= 0.3 is 0 Å². The molecule has 0 aliphatic carbocycles. The van der Waals surface area contributed by atoms with Gasteiger partial charge in [-0.2, -0.15) is 0 Å². The molecule has 4 heteroatoms. The molecule has 4 nitrogen and oxygen atoms in total. The fraction of sp³-hybridized carbons (Fsp3) is 0.261. The van der Waals surface area contributed by atoms with Crippen LogP contribution in [0.1, 0.15) is 11.1 Å². The van der Waals surface area contributed by atoms with Crippen LogP contribution in [-0.2, 0) is 17.9 Å². The number of fused-ring (bicyclic) bond motifs is 1. The van der Waals surface area contributed by atoms with Gasteiger partial charge in [-0.3, -0.25) is 9.69 Å². The minimum absolute atomic E-state index is 0.0370. The second kappa shape index (κ2) is 8.69. The number of carbonyl (C=O) groups excluding carboxylic acids is 1. The molecule has 3 rings (SSSR count). The molecule has 0 heterocycles. The van der Waals surface area contributed by atoms with E-state index in [4.69, 9.17) is 0 Å². The molecule has 1 N–H and O–H groups in total. The van der Waals surface area contributed by atoms with E-state index in [1.54, 1.807) is 0 Å². The molecule has 27 heavy (non-hydrogen) atoms. The van der Waals surface area contributed by atoms with Crippen LogP contribution in [0, 0.1) is 0 Å². The van der Waals surface area contributed by atoms with Crippen molar-refractivity contribution in [1.82, 2.24) is 10.2 Å². The maximum absolute atomic E-state index is 12.2. The van der Waals surface area contributed by atoms with E-state index in [1.165, 1.54) is 16.3 Å². The Labute approximate surface area is 161 Å². The summed E-state index contributed by atoms with van der Waals surface area (Å²) in [4.78, 5) is 16.3. The highest BCUT2D eigenvalue weighted by Gasteiger charge is 2.08. The number of nitrogens with zero attached hydrogens (tertiary/aromatic N) is 2. The van der Waals surface area contributed by atoms with Crippen LogP contribution in [0.15, 0.2) is 66.7 Å². The van der Waals surface area contributed by atoms with Gasteiger partial charge < -0.3 is 10.2 Å². The van der Waals surface area contributed by atoms with Crippen molar-refractivity contribution in [2.75, 3.05) is 32.6 Å². The Bertz CT molecular complexity index is 903. The smallest absolute Gasteiger partial charge is 0.234 e. The molecule has 0 spiro atoms. The van der Waals surface area contributed by atoms with Crippen molar-refractivity contribution < 1.29 is 4.79 Å². The number of likely N-dealkylation sites (N-methyl/N-ethyl adjacent to an activating group) is 1. The summed E-state index contributed by atoms with van der Waals surface area (Å²) >= 11 is 0. The predicted octanol–water partition coefficient (Wildman–Crippen LogP) is 3.65. The third-order valence-corrected chi connectivity index (χ3v) is 4.62. The molecule has 0 atom stereocenters. The van der Waals surface area contributed by atoms with E-state index in [0.717, 1.165) is 17.8 Å². The maximum Gasteiger partial charge on any atom is 0.234 e. The quantitative estimate of drug-likeness (QED) is 0.698. The SMILES string of the molecule is CN(CC(=O)NCc1ccc(N(C)C)cc1)Cc1ccc2ccccc2c1. The molecule has 1 amide bonds. The number of hydrogen-bond acceptors (Lipinski definition) is 3. The zero-order valence-corrected chi connectivity index (χ0v) is 16.3. The summed E-state index contributed by atoms with van der Waals surface area (Å²) in [7, 11) is 6.00. The summed E-state index contributed by atoms with van der Waals surface area (Å²) < 4.78 is 0. The topological polar surface area (TPSA) is 35.6 Å². The molecular weight excluding hydrogens is 334 g/mol. The van der Waals surface area contributed by atoms with Gasteiger partial charge in [-0.1, -0.05) is 48.5 Å². The first-order chi connectivity index (χ1) is 13.0. The lowest BCUT2D eigenvalue weighted by Gasteiger charge is -2.17. The number of hydrogen-bond donors (Lipinski definition) is 1. The highest BCUT2D eigenvalue weighted by Crippen LogP contribution is 2.16. The van der Waals surface area contributed by atoms with Crippen LogP contribution in [-0.4, -0.2) is 38.5 Å². The Hall–Kier alpha value is -2.85. The third-order valence-electron chi connectivity index (χ3n) is 4.62. The first-order valence-corrected chi connectivity index (χ1v) is 9.20. The summed E-state index contributed by atoms with van der Waals surface area (Å²) in [5, 5.41) is 5.47. The van der Waals surface area contributed by atoms with E-state index >= 15 is 0 Å². The van der Waals surface area contributed by atoms with Crippen LogP contribution in [0.5, 0.6) is 0 Å². The molecule has 0 aromatic heterocycles. The van der Waals surface area contributed by atoms with Gasteiger partial charge in [0.1, 0.15) is 0 Å². The predicted molar refractivity (Wildman–Crippen MR) is 113 cm³/mol. The van der Waals surface area contributed by atoms with E-state index in [1.807, 2.05) is 38.2 Å². The molecule has 0 radical (unpaired) electrons. The number of carbonyl (C=O) groups is 1. The molecular formula is C23H27N3O. The van der Waals surface area contributed by atoms with Crippen molar-refractivity contribution in [3.63, 3.8) is 0 Å². The monoisotopic (exact) mass is 361 g/mol. The minimum Gasteiger partial charge on any atom is -0.378 e. The van der Waals surface area contributed by atoms with Gasteiger partial charge in [-0.15, -0.1) is 0 Å². The van der Waals surface area contributed by atoms with Crippen LogP contribution in [0.2, 0.25) is 0 Å². The van der Waals surface area contributed by atoms with Crippen LogP contribution < -0.4 is 10.2 Å². The summed E-state index contributed by atoms with van der Waals surface area (Å²) in [5.41, 5.74) is 3.47. The number of anilines is 1. The average Bonchev–Trinajstić information content (AvgIpc) is 2.66. The summed E-state index contributed by atoms with van der Waals surface area (Å²) in [6, 6.07) is 23.0. The van der Waals surface area contributed by atoms with Crippen LogP contribution >= 0.6 is 0 Å². The molecule has 0 bridgehead atoms. The van der Waals surface area contributed by atoms with Crippen molar-refractivity contribution in [2.45, 2.75) is 13.1 Å².